The van der Waals surface area contributed by atoms with Crippen LogP contribution in [0.2, 0.25) is 5.28 Å². The fourth-order valence-electron chi connectivity index (χ4n) is 2.47. The lowest BCUT2D eigenvalue weighted by molar-refractivity contribution is -0.139. The summed E-state index contributed by atoms with van der Waals surface area (Å²) in [5.74, 6) is -0.172. The molecule has 136 valence electrons. The standard InChI is InChI=1S/C17H19ClF3N3O/c1-10(7-11(2)22)9-25-15-4-3-12(8-13(15)17(19,20)21)14-5-6-23-16(18)24-14/h3-6,8,10-11H,7,9,22H2,1-2H3. The number of benzene rings is 1. The minimum Gasteiger partial charge on any atom is -0.493 e. The molecule has 0 aliphatic carbocycles. The lowest BCUT2D eigenvalue weighted by Gasteiger charge is -2.18. The second-order valence-electron chi connectivity index (χ2n) is 6.05. The van der Waals surface area contributed by atoms with Crippen LogP contribution in [-0.2, 0) is 6.18 Å². The van der Waals surface area contributed by atoms with Crippen LogP contribution in [0.3, 0.4) is 0 Å². The van der Waals surface area contributed by atoms with E-state index < -0.39 is 11.7 Å². The molecule has 0 aliphatic heterocycles. The third-order valence-electron chi connectivity index (χ3n) is 3.50. The molecule has 2 N–H and O–H groups in total. The average molecular weight is 374 g/mol. The second kappa shape index (κ2) is 8.01. The van der Waals surface area contributed by atoms with Crippen molar-refractivity contribution in [1.29, 1.82) is 0 Å². The molecule has 2 unspecified atom stereocenters. The maximum Gasteiger partial charge on any atom is 0.419 e. The number of rotatable bonds is 6. The lowest BCUT2D eigenvalue weighted by Crippen LogP contribution is -2.22. The Balaban J connectivity index is 2.29. The Labute approximate surface area is 149 Å². The monoisotopic (exact) mass is 373 g/mol. The summed E-state index contributed by atoms with van der Waals surface area (Å²) in [6.45, 7) is 3.89. The summed E-state index contributed by atoms with van der Waals surface area (Å²) < 4.78 is 45.6. The third kappa shape index (κ3) is 5.57. The first-order valence-corrected chi connectivity index (χ1v) is 8.13. The summed E-state index contributed by atoms with van der Waals surface area (Å²) in [5, 5.41) is -0.0314. The summed E-state index contributed by atoms with van der Waals surface area (Å²) in [6.07, 6.45) is -2.50. The molecule has 2 rings (SSSR count). The Morgan fingerprint density at radius 3 is 2.56 bits per heavy atom. The van der Waals surface area contributed by atoms with Crippen molar-refractivity contribution in [2.75, 3.05) is 6.61 Å². The molecule has 0 fully saturated rings. The van der Waals surface area contributed by atoms with Gasteiger partial charge in [0, 0.05) is 17.8 Å². The van der Waals surface area contributed by atoms with Gasteiger partial charge >= 0.3 is 6.18 Å². The molecule has 8 heteroatoms. The summed E-state index contributed by atoms with van der Waals surface area (Å²) in [4.78, 5) is 7.66. The van der Waals surface area contributed by atoms with Crippen LogP contribution in [0.15, 0.2) is 30.5 Å². The minimum atomic E-state index is -4.55. The van der Waals surface area contributed by atoms with E-state index in [9.17, 15) is 13.2 Å². The zero-order valence-electron chi connectivity index (χ0n) is 13.8. The Hall–Kier alpha value is -1.86. The fraction of sp³-hybridized carbons (Fsp3) is 0.412. The summed E-state index contributed by atoms with van der Waals surface area (Å²) in [7, 11) is 0. The highest BCUT2D eigenvalue weighted by Crippen LogP contribution is 2.38. The number of aromatic nitrogens is 2. The van der Waals surface area contributed by atoms with Gasteiger partial charge in [-0.15, -0.1) is 0 Å². The largest absolute Gasteiger partial charge is 0.493 e. The molecule has 4 nitrogen and oxygen atoms in total. The molecule has 1 aromatic heterocycles. The summed E-state index contributed by atoms with van der Waals surface area (Å²) in [5.41, 5.74) is 5.44. The minimum absolute atomic E-state index is 0.0314. The highest BCUT2D eigenvalue weighted by molar-refractivity contribution is 6.28. The van der Waals surface area contributed by atoms with Gasteiger partial charge in [0.1, 0.15) is 5.75 Å². The molecular weight excluding hydrogens is 355 g/mol. The number of nitrogens with two attached hydrogens (primary N) is 1. The van der Waals surface area contributed by atoms with Gasteiger partial charge in [-0.2, -0.15) is 13.2 Å². The predicted molar refractivity (Wildman–Crippen MR) is 90.4 cm³/mol. The summed E-state index contributed by atoms with van der Waals surface area (Å²) in [6, 6.07) is 5.27. The number of nitrogens with zero attached hydrogens (tertiary/aromatic N) is 2. The van der Waals surface area contributed by atoms with Crippen molar-refractivity contribution < 1.29 is 17.9 Å². The zero-order chi connectivity index (χ0) is 18.6. The van der Waals surface area contributed by atoms with E-state index in [1.165, 1.54) is 24.4 Å². The van der Waals surface area contributed by atoms with Crippen molar-refractivity contribution in [3.63, 3.8) is 0 Å². The van der Waals surface area contributed by atoms with Gasteiger partial charge in [-0.3, -0.25) is 0 Å². The number of halogens is 4. The molecule has 0 aliphatic rings. The quantitative estimate of drug-likeness (QED) is 0.753. The van der Waals surface area contributed by atoms with E-state index in [0.717, 1.165) is 6.07 Å². The molecule has 1 heterocycles. The first-order valence-electron chi connectivity index (χ1n) is 7.75. The van der Waals surface area contributed by atoms with Gasteiger partial charge in [-0.05, 0) is 55.1 Å². The maximum absolute atomic E-state index is 13.4. The van der Waals surface area contributed by atoms with Crippen LogP contribution in [0.4, 0.5) is 13.2 Å². The number of alkyl halides is 3. The van der Waals surface area contributed by atoms with Gasteiger partial charge < -0.3 is 10.5 Å². The third-order valence-corrected chi connectivity index (χ3v) is 3.69. The van der Waals surface area contributed by atoms with Crippen molar-refractivity contribution in [1.82, 2.24) is 9.97 Å². The molecular formula is C17H19ClF3N3O. The SMILES string of the molecule is CC(N)CC(C)COc1ccc(-c2ccnc(Cl)n2)cc1C(F)(F)F. The smallest absolute Gasteiger partial charge is 0.419 e. The van der Waals surface area contributed by atoms with Gasteiger partial charge in [0.05, 0.1) is 17.9 Å². The van der Waals surface area contributed by atoms with Crippen LogP contribution in [-0.4, -0.2) is 22.6 Å². The van der Waals surface area contributed by atoms with Crippen molar-refractivity contribution in [2.24, 2.45) is 11.7 Å². The number of hydrogen-bond acceptors (Lipinski definition) is 4. The molecule has 2 atom stereocenters. The zero-order valence-corrected chi connectivity index (χ0v) is 14.6. The Morgan fingerprint density at radius 2 is 1.96 bits per heavy atom. The van der Waals surface area contributed by atoms with Crippen molar-refractivity contribution in [3.05, 3.63) is 41.3 Å². The van der Waals surface area contributed by atoms with Crippen molar-refractivity contribution in [2.45, 2.75) is 32.5 Å². The van der Waals surface area contributed by atoms with Crippen LogP contribution in [0, 0.1) is 5.92 Å². The molecule has 0 amide bonds. The van der Waals surface area contributed by atoms with Crippen molar-refractivity contribution >= 4 is 11.6 Å². The van der Waals surface area contributed by atoms with Gasteiger partial charge in [0.15, 0.2) is 0 Å². The van der Waals surface area contributed by atoms with E-state index in [-0.39, 0.29) is 35.2 Å². The maximum atomic E-state index is 13.4. The van der Waals surface area contributed by atoms with Gasteiger partial charge in [-0.1, -0.05) is 6.92 Å². The first-order chi connectivity index (χ1) is 11.7. The van der Waals surface area contributed by atoms with Crippen LogP contribution < -0.4 is 10.5 Å². The molecule has 1 aromatic carbocycles. The molecule has 25 heavy (non-hydrogen) atoms. The van der Waals surface area contributed by atoms with Crippen LogP contribution in [0.5, 0.6) is 5.75 Å². The van der Waals surface area contributed by atoms with Crippen LogP contribution in [0.25, 0.3) is 11.3 Å². The van der Waals surface area contributed by atoms with Crippen LogP contribution in [0.1, 0.15) is 25.8 Å². The van der Waals surface area contributed by atoms with E-state index in [0.29, 0.717) is 12.1 Å². The van der Waals surface area contributed by atoms with Gasteiger partial charge in [-0.25, -0.2) is 9.97 Å². The molecule has 2 aromatic rings. The Bertz CT molecular complexity index is 723. The van der Waals surface area contributed by atoms with Crippen molar-refractivity contribution in [3.8, 4) is 17.0 Å². The lowest BCUT2D eigenvalue weighted by atomic mass is 10.0. The van der Waals surface area contributed by atoms with E-state index >= 15 is 0 Å². The fourth-order valence-corrected chi connectivity index (χ4v) is 2.61. The van der Waals surface area contributed by atoms with Crippen LogP contribution >= 0.6 is 11.6 Å². The second-order valence-corrected chi connectivity index (χ2v) is 6.39. The molecule has 0 spiro atoms. The van der Waals surface area contributed by atoms with E-state index in [4.69, 9.17) is 22.1 Å². The first kappa shape index (κ1) is 19.5. The molecule has 0 bridgehead atoms. The summed E-state index contributed by atoms with van der Waals surface area (Å²) >= 11 is 5.70. The van der Waals surface area contributed by atoms with E-state index in [1.807, 2.05) is 13.8 Å². The Kier molecular flexibility index (Phi) is 6.24. The van der Waals surface area contributed by atoms with E-state index in [1.54, 1.807) is 0 Å². The molecule has 0 saturated carbocycles. The molecule has 0 saturated heterocycles. The molecule has 0 radical (unpaired) electrons. The number of ether oxygens (including phenoxy) is 1. The van der Waals surface area contributed by atoms with E-state index in [2.05, 4.69) is 9.97 Å². The normalized spacial score (nSPS) is 14.2. The highest BCUT2D eigenvalue weighted by Gasteiger charge is 2.35. The topological polar surface area (TPSA) is 61.0 Å². The average Bonchev–Trinajstić information content (AvgIpc) is 2.51. The highest BCUT2D eigenvalue weighted by atomic mass is 35.5. The van der Waals surface area contributed by atoms with Gasteiger partial charge in [0.25, 0.3) is 0 Å². The predicted octanol–water partition coefficient (Wildman–Crippen LogP) is 4.57. The Morgan fingerprint density at radius 1 is 1.24 bits per heavy atom. The number of hydrogen-bond donors (Lipinski definition) is 1. The van der Waals surface area contributed by atoms with Gasteiger partial charge in [0.2, 0.25) is 5.28 Å².